The number of sulfone groups is 1. The van der Waals surface area contributed by atoms with Crippen LogP contribution >= 0.6 is 0 Å². The van der Waals surface area contributed by atoms with E-state index in [4.69, 9.17) is 4.42 Å². The third-order valence-corrected chi connectivity index (χ3v) is 7.57. The molecule has 34 heavy (non-hydrogen) atoms. The van der Waals surface area contributed by atoms with Gasteiger partial charge in [0, 0.05) is 26.2 Å². The van der Waals surface area contributed by atoms with Crippen molar-refractivity contribution in [2.45, 2.75) is 44.0 Å². The van der Waals surface area contributed by atoms with Gasteiger partial charge < -0.3 is 9.32 Å². The first-order valence-electron chi connectivity index (χ1n) is 11.4. The van der Waals surface area contributed by atoms with Crippen molar-refractivity contribution in [1.29, 1.82) is 0 Å². The van der Waals surface area contributed by atoms with Crippen LogP contribution in [0.4, 0.5) is 0 Å². The van der Waals surface area contributed by atoms with Gasteiger partial charge in [0.2, 0.25) is 0 Å². The number of hydrogen-bond donors (Lipinski definition) is 0. The molecule has 0 saturated carbocycles. The van der Waals surface area contributed by atoms with Crippen molar-refractivity contribution < 1.29 is 17.6 Å². The molecule has 1 fully saturated rings. The number of rotatable bonds is 8. The number of furan rings is 1. The summed E-state index contributed by atoms with van der Waals surface area (Å²) in [5.74, 6) is 0.738. The lowest BCUT2D eigenvalue weighted by molar-refractivity contribution is 0.0501. The van der Waals surface area contributed by atoms with Gasteiger partial charge in [-0.05, 0) is 54.0 Å². The summed E-state index contributed by atoms with van der Waals surface area (Å²) in [6, 6.07) is 9.97. The largest absolute Gasteiger partial charge is 0.459 e. The fraction of sp³-hybridized carbons (Fsp3) is 0.478. The highest BCUT2D eigenvalue weighted by Crippen LogP contribution is 2.28. The predicted octanol–water partition coefficient (Wildman–Crippen LogP) is 2.55. The fourth-order valence-electron chi connectivity index (χ4n) is 4.18. The number of amides is 1. The highest BCUT2D eigenvalue weighted by molar-refractivity contribution is 7.90. The average molecular weight is 487 g/mol. The van der Waals surface area contributed by atoms with Crippen molar-refractivity contribution in [3.8, 4) is 0 Å². The van der Waals surface area contributed by atoms with E-state index in [1.807, 2.05) is 6.92 Å². The molecule has 3 heterocycles. The maximum Gasteiger partial charge on any atom is 0.289 e. The Morgan fingerprint density at radius 1 is 1.09 bits per heavy atom. The molecule has 0 radical (unpaired) electrons. The molecule has 0 N–H and O–H groups in total. The molecule has 11 heteroatoms. The van der Waals surface area contributed by atoms with Gasteiger partial charge in [-0.3, -0.25) is 9.69 Å². The van der Waals surface area contributed by atoms with Gasteiger partial charge in [0.15, 0.2) is 27.3 Å². The van der Waals surface area contributed by atoms with Gasteiger partial charge in [-0.2, -0.15) is 0 Å². The van der Waals surface area contributed by atoms with Gasteiger partial charge in [-0.25, -0.2) is 13.1 Å². The van der Waals surface area contributed by atoms with Crippen molar-refractivity contribution in [1.82, 2.24) is 30.0 Å². The van der Waals surface area contributed by atoms with Crippen molar-refractivity contribution >= 4 is 15.7 Å². The second-order valence-corrected chi connectivity index (χ2v) is 11.0. The molecule has 3 aromatic rings. The molecule has 1 atom stereocenters. The molecular weight excluding hydrogens is 456 g/mol. The van der Waals surface area contributed by atoms with Crippen LogP contribution in [0.1, 0.15) is 48.3 Å². The standard InChI is InChI=1S/C23H30N6O4S/c1-17(2)15-20(27-10-12-28(13-11-27)23(30)21-5-4-14-33-21)22-24-25-26-29(22)16-34(31,32)19-8-6-18(3)7-9-19/h4-9,14,17,20H,10-13,15-16H2,1-3H3/t20-/m1/s1. The third kappa shape index (κ3) is 5.36. The monoisotopic (exact) mass is 486 g/mol. The average Bonchev–Trinajstić information content (AvgIpc) is 3.50. The van der Waals surface area contributed by atoms with Crippen LogP contribution in [0.25, 0.3) is 0 Å². The second kappa shape index (κ2) is 10.1. The molecule has 0 spiro atoms. The Morgan fingerprint density at radius 2 is 1.79 bits per heavy atom. The van der Waals surface area contributed by atoms with Crippen LogP contribution < -0.4 is 0 Å². The molecule has 0 unspecified atom stereocenters. The Balaban J connectivity index is 1.51. The lowest BCUT2D eigenvalue weighted by Crippen LogP contribution is -2.50. The van der Waals surface area contributed by atoms with Crippen LogP contribution in [0.15, 0.2) is 52.0 Å². The number of tetrazole rings is 1. The van der Waals surface area contributed by atoms with Crippen LogP contribution in [0.5, 0.6) is 0 Å². The molecule has 1 aromatic carbocycles. The smallest absolute Gasteiger partial charge is 0.289 e. The van der Waals surface area contributed by atoms with Gasteiger partial charge in [0.05, 0.1) is 17.2 Å². The number of piperazine rings is 1. The zero-order valence-corrected chi connectivity index (χ0v) is 20.5. The zero-order valence-electron chi connectivity index (χ0n) is 19.7. The van der Waals surface area contributed by atoms with Crippen LogP contribution in [0, 0.1) is 12.8 Å². The van der Waals surface area contributed by atoms with Gasteiger partial charge in [0.1, 0.15) is 0 Å². The summed E-state index contributed by atoms with van der Waals surface area (Å²) in [5.41, 5.74) is 0.990. The minimum Gasteiger partial charge on any atom is -0.459 e. The van der Waals surface area contributed by atoms with E-state index in [2.05, 4.69) is 34.3 Å². The quantitative estimate of drug-likeness (QED) is 0.477. The molecule has 1 saturated heterocycles. The predicted molar refractivity (Wildman–Crippen MR) is 125 cm³/mol. The molecule has 1 amide bonds. The van der Waals surface area contributed by atoms with Crippen LogP contribution in [0.3, 0.4) is 0 Å². The number of carbonyl (C=O) groups excluding carboxylic acids is 1. The van der Waals surface area contributed by atoms with E-state index in [0.29, 0.717) is 43.7 Å². The number of nitrogens with zero attached hydrogens (tertiary/aromatic N) is 6. The first-order chi connectivity index (χ1) is 16.2. The van der Waals surface area contributed by atoms with Crippen molar-refractivity contribution in [2.24, 2.45) is 5.92 Å². The summed E-state index contributed by atoms with van der Waals surface area (Å²) in [4.78, 5) is 16.9. The van der Waals surface area contributed by atoms with Gasteiger partial charge in [0.25, 0.3) is 5.91 Å². The lowest BCUT2D eigenvalue weighted by Gasteiger charge is -2.39. The second-order valence-electron chi connectivity index (χ2n) is 9.04. The SMILES string of the molecule is Cc1ccc(S(=O)(=O)Cn2nnnc2[C@@H](CC(C)C)N2CCN(C(=O)c3ccco3)CC2)cc1. The Hall–Kier alpha value is -3.05. The zero-order chi connectivity index (χ0) is 24.3. The molecule has 2 aromatic heterocycles. The first-order valence-corrected chi connectivity index (χ1v) is 13.0. The molecule has 0 bridgehead atoms. The van der Waals surface area contributed by atoms with Crippen LogP contribution in [-0.2, 0) is 15.7 Å². The van der Waals surface area contributed by atoms with Crippen molar-refractivity contribution in [3.05, 3.63) is 59.8 Å². The highest BCUT2D eigenvalue weighted by Gasteiger charge is 2.32. The molecule has 1 aliphatic heterocycles. The summed E-state index contributed by atoms with van der Waals surface area (Å²) in [7, 11) is -3.62. The summed E-state index contributed by atoms with van der Waals surface area (Å²) in [6.45, 7) is 8.47. The summed E-state index contributed by atoms with van der Waals surface area (Å²) >= 11 is 0. The highest BCUT2D eigenvalue weighted by atomic mass is 32.2. The lowest BCUT2D eigenvalue weighted by atomic mass is 10.0. The Kier molecular flexibility index (Phi) is 7.13. The van der Waals surface area contributed by atoms with Gasteiger partial charge >= 0.3 is 0 Å². The van der Waals surface area contributed by atoms with Crippen molar-refractivity contribution in [3.63, 3.8) is 0 Å². The van der Waals surface area contributed by atoms with Gasteiger partial charge in [-0.15, -0.1) is 5.10 Å². The minimum atomic E-state index is -3.62. The molecule has 0 aliphatic carbocycles. The number of aromatic nitrogens is 4. The minimum absolute atomic E-state index is 0.126. The number of aryl methyl sites for hydroxylation is 1. The van der Waals surface area contributed by atoms with Crippen LogP contribution in [-0.4, -0.2) is 70.5 Å². The van der Waals surface area contributed by atoms with Gasteiger partial charge in [-0.1, -0.05) is 31.5 Å². The van der Waals surface area contributed by atoms with E-state index in [1.54, 1.807) is 41.3 Å². The van der Waals surface area contributed by atoms with E-state index in [0.717, 1.165) is 12.0 Å². The van der Waals surface area contributed by atoms with E-state index >= 15 is 0 Å². The molecular formula is C23H30N6O4S. The molecule has 182 valence electrons. The summed E-state index contributed by atoms with van der Waals surface area (Å²) in [5, 5.41) is 12.1. The third-order valence-electron chi connectivity index (χ3n) is 6.00. The van der Waals surface area contributed by atoms with E-state index in [-0.39, 0.29) is 22.7 Å². The molecule has 1 aliphatic rings. The Labute approximate surface area is 199 Å². The maximum absolute atomic E-state index is 13.0. The number of benzene rings is 1. The first kappa shape index (κ1) is 24.1. The molecule has 10 nitrogen and oxygen atoms in total. The number of hydrogen-bond acceptors (Lipinski definition) is 8. The normalized spacial score (nSPS) is 16.2. The number of carbonyl (C=O) groups is 1. The fourth-order valence-corrected chi connectivity index (χ4v) is 5.39. The maximum atomic E-state index is 13.0. The summed E-state index contributed by atoms with van der Waals surface area (Å²) < 4.78 is 32.7. The summed E-state index contributed by atoms with van der Waals surface area (Å²) in [6.07, 6.45) is 2.25. The van der Waals surface area contributed by atoms with E-state index in [9.17, 15) is 13.2 Å². The van der Waals surface area contributed by atoms with E-state index in [1.165, 1.54) is 10.9 Å². The Bertz CT molecular complexity index is 1200. The van der Waals surface area contributed by atoms with Crippen LogP contribution in [0.2, 0.25) is 0 Å². The van der Waals surface area contributed by atoms with Crippen molar-refractivity contribution in [2.75, 3.05) is 26.2 Å². The molecule has 4 rings (SSSR count). The Morgan fingerprint density at radius 3 is 2.41 bits per heavy atom. The van der Waals surface area contributed by atoms with E-state index < -0.39 is 9.84 Å². The topological polar surface area (TPSA) is 114 Å².